The molecule has 3 nitrogen and oxygen atoms in total. The Bertz CT molecular complexity index is 531. The summed E-state index contributed by atoms with van der Waals surface area (Å²) in [6, 6.07) is 11.0. The summed E-state index contributed by atoms with van der Waals surface area (Å²) in [7, 11) is 0. The van der Waals surface area contributed by atoms with Crippen molar-refractivity contribution in [3.05, 3.63) is 47.8 Å². The van der Waals surface area contributed by atoms with Crippen molar-refractivity contribution in [2.24, 2.45) is 5.73 Å². The average molecular weight is 289 g/mol. The largest absolute Gasteiger partial charge is 0.324 e. The third-order valence-electron chi connectivity index (χ3n) is 3.24. The molecule has 1 heterocycles. The van der Waals surface area contributed by atoms with Crippen LogP contribution in [0.3, 0.4) is 0 Å². The van der Waals surface area contributed by atoms with Crippen molar-refractivity contribution in [2.75, 3.05) is 5.75 Å². The third-order valence-corrected chi connectivity index (χ3v) is 4.14. The van der Waals surface area contributed by atoms with Gasteiger partial charge in [-0.25, -0.2) is 0 Å². The zero-order chi connectivity index (χ0) is 14.5. The van der Waals surface area contributed by atoms with Gasteiger partial charge in [-0.1, -0.05) is 19.1 Å². The molecule has 0 amide bonds. The molecule has 2 rings (SSSR count). The molecule has 1 atom stereocenters. The van der Waals surface area contributed by atoms with Gasteiger partial charge in [-0.05, 0) is 43.4 Å². The molecule has 2 N–H and O–H groups in total. The van der Waals surface area contributed by atoms with Crippen LogP contribution in [0.1, 0.15) is 44.1 Å². The van der Waals surface area contributed by atoms with E-state index in [1.165, 1.54) is 10.5 Å². The smallest absolute Gasteiger partial charge is 0.0643 e. The Labute approximate surface area is 125 Å². The Morgan fingerprint density at radius 3 is 2.45 bits per heavy atom. The molecule has 1 unspecified atom stereocenters. The molecule has 4 heteroatoms. The van der Waals surface area contributed by atoms with E-state index in [1.54, 1.807) is 0 Å². The molecule has 0 aliphatic rings. The van der Waals surface area contributed by atoms with Gasteiger partial charge in [0.05, 0.1) is 5.69 Å². The molecule has 1 aromatic heterocycles. The fourth-order valence-corrected chi connectivity index (χ4v) is 2.76. The quantitative estimate of drug-likeness (QED) is 0.822. The predicted octanol–water partition coefficient (Wildman–Crippen LogP) is 3.82. The minimum atomic E-state index is 0.00573. The Kier molecular flexibility index (Phi) is 5.26. The molecule has 1 aromatic carbocycles. The van der Waals surface area contributed by atoms with E-state index >= 15 is 0 Å². The van der Waals surface area contributed by atoms with Crippen LogP contribution in [-0.4, -0.2) is 15.5 Å². The lowest BCUT2D eigenvalue weighted by molar-refractivity contribution is 0.522. The number of aromatic nitrogens is 2. The molecule has 0 fully saturated rings. The van der Waals surface area contributed by atoms with Crippen LogP contribution in [0.25, 0.3) is 0 Å². The summed E-state index contributed by atoms with van der Waals surface area (Å²) in [6.45, 7) is 6.41. The van der Waals surface area contributed by atoms with Gasteiger partial charge in [0.15, 0.2) is 0 Å². The second-order valence-corrected chi connectivity index (χ2v) is 6.53. The molecule has 20 heavy (non-hydrogen) atoms. The van der Waals surface area contributed by atoms with E-state index in [0.29, 0.717) is 6.04 Å². The molecular formula is C16H23N3S. The van der Waals surface area contributed by atoms with Crippen LogP contribution in [0.2, 0.25) is 0 Å². The van der Waals surface area contributed by atoms with Crippen molar-refractivity contribution in [2.45, 2.75) is 44.2 Å². The fraction of sp³-hybridized carbons (Fsp3) is 0.438. The molecule has 2 aromatic rings. The van der Waals surface area contributed by atoms with E-state index in [1.807, 2.05) is 22.6 Å². The normalized spacial score (nSPS) is 12.8. The summed E-state index contributed by atoms with van der Waals surface area (Å²) >= 11 is 1.85. The van der Waals surface area contributed by atoms with Crippen molar-refractivity contribution in [3.8, 4) is 0 Å². The van der Waals surface area contributed by atoms with E-state index in [2.05, 4.69) is 56.2 Å². The van der Waals surface area contributed by atoms with Crippen molar-refractivity contribution in [3.63, 3.8) is 0 Å². The highest BCUT2D eigenvalue weighted by atomic mass is 32.2. The molecule has 108 valence electrons. The summed E-state index contributed by atoms with van der Waals surface area (Å²) in [5.41, 5.74) is 8.51. The Balaban J connectivity index is 2.01. The lowest BCUT2D eigenvalue weighted by atomic mass is 10.0. The van der Waals surface area contributed by atoms with Crippen LogP contribution in [0.5, 0.6) is 0 Å². The first-order valence-electron chi connectivity index (χ1n) is 7.12. The highest BCUT2D eigenvalue weighted by molar-refractivity contribution is 7.99. The predicted molar refractivity (Wildman–Crippen MR) is 86.1 cm³/mol. The van der Waals surface area contributed by atoms with Gasteiger partial charge in [-0.3, -0.25) is 4.68 Å². The van der Waals surface area contributed by atoms with Crippen LogP contribution in [0, 0.1) is 0 Å². The molecule has 0 aliphatic carbocycles. The summed E-state index contributed by atoms with van der Waals surface area (Å²) in [5.74, 6) is 1.10. The molecule has 0 saturated heterocycles. The second-order valence-electron chi connectivity index (χ2n) is 5.19. The second kappa shape index (κ2) is 6.95. The number of nitrogens with zero attached hydrogens (tertiary/aromatic N) is 2. The van der Waals surface area contributed by atoms with Gasteiger partial charge in [0.2, 0.25) is 0 Å². The SMILES string of the molecule is CCSc1ccc(C(N)Cc2ccn(C(C)C)n2)cc1. The lowest BCUT2D eigenvalue weighted by Crippen LogP contribution is -2.14. The van der Waals surface area contributed by atoms with Gasteiger partial charge in [-0.15, -0.1) is 11.8 Å². The van der Waals surface area contributed by atoms with Gasteiger partial charge in [0.25, 0.3) is 0 Å². The number of rotatable bonds is 6. The van der Waals surface area contributed by atoms with Gasteiger partial charge in [0, 0.05) is 29.6 Å². The van der Waals surface area contributed by atoms with Crippen LogP contribution in [0.4, 0.5) is 0 Å². The van der Waals surface area contributed by atoms with Gasteiger partial charge >= 0.3 is 0 Å². The molecule has 0 bridgehead atoms. The third kappa shape index (κ3) is 3.87. The van der Waals surface area contributed by atoms with Crippen LogP contribution in [-0.2, 0) is 6.42 Å². The standard InChI is InChI=1S/C16H23N3S/c1-4-20-15-7-5-13(6-8-15)16(17)11-14-9-10-19(18-14)12(2)3/h5-10,12,16H,4,11,17H2,1-3H3. The van der Waals surface area contributed by atoms with E-state index in [4.69, 9.17) is 5.73 Å². The Hall–Kier alpha value is -1.26. The van der Waals surface area contributed by atoms with Crippen molar-refractivity contribution >= 4 is 11.8 Å². The monoisotopic (exact) mass is 289 g/mol. The molecule has 0 radical (unpaired) electrons. The van der Waals surface area contributed by atoms with Gasteiger partial charge < -0.3 is 5.73 Å². The van der Waals surface area contributed by atoms with Gasteiger partial charge in [-0.2, -0.15) is 5.10 Å². The summed E-state index contributed by atoms with van der Waals surface area (Å²) < 4.78 is 1.98. The number of hydrogen-bond donors (Lipinski definition) is 1. The van der Waals surface area contributed by atoms with Gasteiger partial charge in [0.1, 0.15) is 0 Å². The Morgan fingerprint density at radius 2 is 1.90 bits per heavy atom. The molecule has 0 spiro atoms. The fourth-order valence-electron chi connectivity index (χ4n) is 2.09. The zero-order valence-electron chi connectivity index (χ0n) is 12.4. The molecule has 0 aliphatic heterocycles. The minimum Gasteiger partial charge on any atom is -0.324 e. The van der Waals surface area contributed by atoms with Crippen molar-refractivity contribution in [1.29, 1.82) is 0 Å². The van der Waals surface area contributed by atoms with Crippen molar-refractivity contribution in [1.82, 2.24) is 9.78 Å². The zero-order valence-corrected chi connectivity index (χ0v) is 13.2. The van der Waals surface area contributed by atoms with Crippen LogP contribution < -0.4 is 5.73 Å². The molecule has 0 saturated carbocycles. The highest BCUT2D eigenvalue weighted by Gasteiger charge is 2.10. The Morgan fingerprint density at radius 1 is 1.20 bits per heavy atom. The van der Waals surface area contributed by atoms with Crippen molar-refractivity contribution < 1.29 is 0 Å². The number of benzene rings is 1. The summed E-state index contributed by atoms with van der Waals surface area (Å²) in [6.07, 6.45) is 2.80. The summed E-state index contributed by atoms with van der Waals surface area (Å²) in [4.78, 5) is 1.30. The molecular weight excluding hydrogens is 266 g/mol. The maximum atomic E-state index is 6.28. The number of nitrogens with two attached hydrogens (primary N) is 1. The lowest BCUT2D eigenvalue weighted by Gasteiger charge is -2.11. The maximum absolute atomic E-state index is 6.28. The average Bonchev–Trinajstić information content (AvgIpc) is 2.88. The maximum Gasteiger partial charge on any atom is 0.0643 e. The van der Waals surface area contributed by atoms with E-state index in [-0.39, 0.29) is 6.04 Å². The van der Waals surface area contributed by atoms with E-state index in [9.17, 15) is 0 Å². The first kappa shape index (κ1) is 15.1. The first-order chi connectivity index (χ1) is 9.60. The van der Waals surface area contributed by atoms with E-state index in [0.717, 1.165) is 17.9 Å². The van der Waals surface area contributed by atoms with Crippen LogP contribution >= 0.6 is 11.8 Å². The number of thioether (sulfide) groups is 1. The topological polar surface area (TPSA) is 43.8 Å². The van der Waals surface area contributed by atoms with Crippen LogP contribution in [0.15, 0.2) is 41.4 Å². The highest BCUT2D eigenvalue weighted by Crippen LogP contribution is 2.21. The minimum absolute atomic E-state index is 0.00573. The van der Waals surface area contributed by atoms with E-state index < -0.39 is 0 Å². The first-order valence-corrected chi connectivity index (χ1v) is 8.11. The number of hydrogen-bond acceptors (Lipinski definition) is 3. The summed E-state index contributed by atoms with van der Waals surface area (Å²) in [5, 5.41) is 4.55.